The van der Waals surface area contributed by atoms with E-state index in [2.05, 4.69) is 165 Å². The van der Waals surface area contributed by atoms with Crippen LogP contribution in [0.15, 0.2) is 146 Å². The van der Waals surface area contributed by atoms with Crippen molar-refractivity contribution in [3.63, 3.8) is 0 Å². The number of benzene rings is 8. The molecule has 0 saturated carbocycles. The number of fused-ring (bicyclic) bond motifs is 2. The monoisotopic (exact) mass is 766 g/mol. The Hall–Kier alpha value is -5.26. The molecule has 0 unspecified atom stereocenters. The van der Waals surface area contributed by atoms with Crippen molar-refractivity contribution < 1.29 is 9.13 Å². The zero-order valence-corrected chi connectivity index (χ0v) is 35.4. The molecule has 0 N–H and O–H groups in total. The summed E-state index contributed by atoms with van der Waals surface area (Å²) in [6.07, 6.45) is 0. The highest BCUT2D eigenvalue weighted by atomic mass is 31.2. The maximum Gasteiger partial charge on any atom is 0.171 e. The van der Waals surface area contributed by atoms with Gasteiger partial charge in [-0.15, -0.1) is 0 Å². The van der Waals surface area contributed by atoms with Gasteiger partial charge in [0.2, 0.25) is 0 Å². The van der Waals surface area contributed by atoms with Gasteiger partial charge in [-0.2, -0.15) is 0 Å². The maximum atomic E-state index is 14.8. The van der Waals surface area contributed by atoms with Crippen LogP contribution in [0.5, 0.6) is 0 Å². The number of hydrogen-bond donors (Lipinski definition) is 0. The van der Waals surface area contributed by atoms with Crippen LogP contribution in [0.2, 0.25) is 0 Å². The van der Waals surface area contributed by atoms with E-state index in [-0.39, 0.29) is 0 Å². The van der Waals surface area contributed by atoms with Crippen molar-refractivity contribution in [2.75, 3.05) is 0 Å². The lowest BCUT2D eigenvalue weighted by Crippen LogP contribution is -2.26. The molecule has 0 heterocycles. The summed E-state index contributed by atoms with van der Waals surface area (Å²) in [7, 11) is -6.09. The molecule has 0 atom stereocenters. The Bertz CT molecular complexity index is 2480. The van der Waals surface area contributed by atoms with Gasteiger partial charge in [-0.3, -0.25) is 0 Å². The molecule has 0 bridgehead atoms. The number of rotatable bonds is 6. The topological polar surface area (TPSA) is 34.1 Å². The number of hydrogen-bond acceptors (Lipinski definition) is 2. The highest BCUT2D eigenvalue weighted by molar-refractivity contribution is 7.85. The van der Waals surface area contributed by atoms with Crippen LogP contribution in [0.1, 0.15) is 44.5 Å². The summed E-state index contributed by atoms with van der Waals surface area (Å²) in [5.41, 5.74) is 9.00. The van der Waals surface area contributed by atoms with Gasteiger partial charge < -0.3 is 9.13 Å². The molecular formula is C52H48O2P2. The molecule has 56 heavy (non-hydrogen) atoms. The van der Waals surface area contributed by atoms with Crippen molar-refractivity contribution >= 4 is 67.7 Å². The third-order valence-corrected chi connectivity index (χ3v) is 16.1. The van der Waals surface area contributed by atoms with Crippen molar-refractivity contribution in [2.45, 2.75) is 55.4 Å². The molecule has 8 aromatic rings. The van der Waals surface area contributed by atoms with Gasteiger partial charge in [-0.1, -0.05) is 129 Å². The first-order chi connectivity index (χ1) is 26.7. The predicted molar refractivity (Wildman–Crippen MR) is 242 cm³/mol. The molecule has 2 radical (unpaired) electrons. The maximum absolute atomic E-state index is 14.8. The predicted octanol–water partition coefficient (Wildman–Crippen LogP) is 11.0. The van der Waals surface area contributed by atoms with Gasteiger partial charge in [0, 0.05) is 44.0 Å². The van der Waals surface area contributed by atoms with Crippen molar-refractivity contribution in [3.05, 3.63) is 202 Å². The van der Waals surface area contributed by atoms with Crippen LogP contribution in [0.4, 0.5) is 0 Å². The van der Waals surface area contributed by atoms with Gasteiger partial charge in [0.1, 0.15) is 0 Å². The van der Waals surface area contributed by atoms with Crippen molar-refractivity contribution in [1.82, 2.24) is 0 Å². The van der Waals surface area contributed by atoms with Gasteiger partial charge in [-0.25, -0.2) is 0 Å². The van der Waals surface area contributed by atoms with E-state index in [1.165, 1.54) is 0 Å². The molecule has 8 rings (SSSR count). The summed E-state index contributed by atoms with van der Waals surface area (Å²) in [6, 6.07) is 56.3. The Morgan fingerprint density at radius 3 is 0.839 bits per heavy atom. The van der Waals surface area contributed by atoms with Crippen LogP contribution in [0.3, 0.4) is 0 Å². The van der Waals surface area contributed by atoms with Crippen LogP contribution in [0.25, 0.3) is 21.5 Å². The summed E-state index contributed by atoms with van der Waals surface area (Å²) in [4.78, 5) is 0. The minimum Gasteiger partial charge on any atom is -0.309 e. The fourth-order valence-electron chi connectivity index (χ4n) is 7.96. The standard InChI is InChI=1S/2C26H24OP/c2*1-18-11-19(2)14-25(13-18)28(27,26-15-20(3)12-21(4)16-26)24-10-9-22-7-5-6-8-23(22)17-24/h2*5-16H,1-4H3. The van der Waals surface area contributed by atoms with Gasteiger partial charge in [0.25, 0.3) is 0 Å². The smallest absolute Gasteiger partial charge is 0.171 e. The lowest BCUT2D eigenvalue weighted by Gasteiger charge is -2.22. The summed E-state index contributed by atoms with van der Waals surface area (Å²) < 4.78 is 29.7. The minimum absolute atomic E-state index is 0.765. The van der Waals surface area contributed by atoms with E-state index in [1.807, 2.05) is 48.5 Å². The summed E-state index contributed by atoms with van der Waals surface area (Å²) in [6.45, 7) is 16.5. The van der Waals surface area contributed by atoms with E-state index >= 15 is 0 Å². The van der Waals surface area contributed by atoms with Crippen LogP contribution in [0, 0.1) is 67.5 Å². The van der Waals surface area contributed by atoms with E-state index in [1.54, 1.807) is 0 Å². The van der Waals surface area contributed by atoms with Crippen LogP contribution in [-0.2, 0) is 9.13 Å². The van der Waals surface area contributed by atoms with E-state index in [0.29, 0.717) is 0 Å². The largest absolute Gasteiger partial charge is 0.309 e. The van der Waals surface area contributed by atoms with Crippen LogP contribution < -0.4 is 31.8 Å². The van der Waals surface area contributed by atoms with E-state index in [4.69, 9.17) is 0 Å². The zero-order chi connectivity index (χ0) is 39.8. The summed E-state index contributed by atoms with van der Waals surface area (Å²) in [5.74, 6) is 0. The lowest BCUT2D eigenvalue weighted by atomic mass is 10.1. The van der Waals surface area contributed by atoms with Gasteiger partial charge in [-0.05, 0) is 138 Å². The molecule has 2 nitrogen and oxygen atoms in total. The van der Waals surface area contributed by atoms with Gasteiger partial charge in [0.05, 0.1) is 0 Å². The molecule has 4 heteroatoms. The third-order valence-electron chi connectivity index (χ3n) is 10.2. The molecule has 0 aliphatic rings. The Kier molecular flexibility index (Phi) is 10.9. The molecule has 0 aliphatic heterocycles. The normalized spacial score (nSPS) is 11.7. The molecule has 0 fully saturated rings. The molecule has 0 spiro atoms. The molecule has 0 saturated heterocycles. The second-order valence-corrected chi connectivity index (χ2v) is 20.9. The van der Waals surface area contributed by atoms with Crippen molar-refractivity contribution in [1.29, 1.82) is 0 Å². The quantitative estimate of drug-likeness (QED) is 0.158. The van der Waals surface area contributed by atoms with Crippen molar-refractivity contribution in [3.8, 4) is 0 Å². The molecule has 0 aliphatic carbocycles. The molecule has 0 aromatic heterocycles. The van der Waals surface area contributed by atoms with Gasteiger partial charge in [0.15, 0.2) is 14.3 Å². The average molecular weight is 767 g/mol. The second kappa shape index (κ2) is 15.7. The van der Waals surface area contributed by atoms with Crippen LogP contribution in [-0.4, -0.2) is 0 Å². The van der Waals surface area contributed by atoms with E-state index in [9.17, 15) is 9.13 Å². The molecule has 8 aromatic carbocycles. The highest BCUT2D eigenvalue weighted by Gasteiger charge is 2.32. The molecular weight excluding hydrogens is 719 g/mol. The first kappa shape index (κ1) is 39.0. The minimum atomic E-state index is -3.04. The molecule has 0 amide bonds. The zero-order valence-electron chi connectivity index (χ0n) is 33.6. The van der Waals surface area contributed by atoms with Crippen LogP contribution >= 0.6 is 14.3 Å². The first-order valence-electron chi connectivity index (χ1n) is 19.1. The van der Waals surface area contributed by atoms with E-state index < -0.39 is 14.3 Å². The summed E-state index contributed by atoms with van der Waals surface area (Å²) in [5, 5.41) is 9.24. The number of aryl methyl sites for hydroxylation is 8. The first-order valence-corrected chi connectivity index (χ1v) is 22.5. The summed E-state index contributed by atoms with van der Waals surface area (Å²) >= 11 is 0. The lowest BCUT2D eigenvalue weighted by molar-refractivity contribution is 0.591. The fraction of sp³-hybridized carbons (Fsp3) is 0.154. The third kappa shape index (κ3) is 7.88. The fourth-order valence-corrected chi connectivity index (χ4v) is 13.9. The Balaban J connectivity index is 0.000000172. The van der Waals surface area contributed by atoms with Gasteiger partial charge >= 0.3 is 0 Å². The molecule has 278 valence electrons. The Morgan fingerprint density at radius 2 is 0.571 bits per heavy atom. The Labute approximate surface area is 333 Å². The SMILES string of the molecule is Cc1cc(C)cc(P(=O)(c2[c]c3ccccc3cc2)c2cc(C)cc(C)c2)c1.Cc1cc(C)cc(P(=O)(c2[c]c3ccccc3cc2)c2cc(C)cc(C)c2)c1. The second-order valence-electron chi connectivity index (χ2n) is 15.5. The van der Waals surface area contributed by atoms with Crippen molar-refractivity contribution in [2.24, 2.45) is 0 Å². The highest BCUT2D eigenvalue weighted by Crippen LogP contribution is 2.45. The average Bonchev–Trinajstić information content (AvgIpc) is 3.15. The Morgan fingerprint density at radius 1 is 0.321 bits per heavy atom. The van der Waals surface area contributed by atoms with E-state index in [0.717, 1.165) is 97.9 Å².